The Labute approximate surface area is 119 Å². The van der Waals surface area contributed by atoms with Gasteiger partial charge in [0.1, 0.15) is 6.33 Å². The monoisotopic (exact) mass is 260 g/mol. The van der Waals surface area contributed by atoms with Crippen molar-refractivity contribution in [1.29, 1.82) is 0 Å². The van der Waals surface area contributed by atoms with Gasteiger partial charge < -0.3 is 0 Å². The van der Waals surface area contributed by atoms with Crippen molar-refractivity contribution >= 4 is 0 Å². The number of aromatic nitrogens is 2. The molecule has 3 rings (SSSR count). The molecule has 0 aliphatic carbocycles. The van der Waals surface area contributed by atoms with Crippen molar-refractivity contribution in [2.24, 2.45) is 0 Å². The van der Waals surface area contributed by atoms with E-state index in [9.17, 15) is 0 Å². The molecule has 20 heavy (non-hydrogen) atoms. The second-order valence-corrected chi connectivity index (χ2v) is 4.99. The Morgan fingerprint density at radius 3 is 2.20 bits per heavy atom. The summed E-state index contributed by atoms with van der Waals surface area (Å²) in [5.41, 5.74) is 6.77. The third-order valence-electron chi connectivity index (χ3n) is 3.35. The van der Waals surface area contributed by atoms with E-state index in [0.29, 0.717) is 0 Å². The molecule has 0 unspecified atom stereocenters. The van der Waals surface area contributed by atoms with Gasteiger partial charge >= 0.3 is 0 Å². The molecule has 0 saturated heterocycles. The van der Waals surface area contributed by atoms with Gasteiger partial charge in [0.2, 0.25) is 0 Å². The van der Waals surface area contributed by atoms with Crippen LogP contribution >= 0.6 is 0 Å². The summed E-state index contributed by atoms with van der Waals surface area (Å²) in [6.45, 7) is 4.08. The molecular formula is C18H16N2. The van der Waals surface area contributed by atoms with E-state index in [4.69, 9.17) is 0 Å². The first-order valence-electron chi connectivity index (χ1n) is 6.68. The largest absolute Gasteiger partial charge is 0.242 e. The minimum Gasteiger partial charge on any atom is -0.242 e. The number of hydrogen-bond donors (Lipinski definition) is 0. The maximum Gasteiger partial charge on any atom is 0.116 e. The Hall–Kier alpha value is -2.48. The average Bonchev–Trinajstić information content (AvgIpc) is 2.48. The topological polar surface area (TPSA) is 25.8 Å². The number of hydrogen-bond acceptors (Lipinski definition) is 2. The molecular weight excluding hydrogens is 244 g/mol. The van der Waals surface area contributed by atoms with Gasteiger partial charge in [-0.3, -0.25) is 0 Å². The first-order chi connectivity index (χ1) is 9.72. The van der Waals surface area contributed by atoms with Crippen molar-refractivity contribution in [3.63, 3.8) is 0 Å². The van der Waals surface area contributed by atoms with E-state index < -0.39 is 0 Å². The molecule has 1 heterocycles. The molecule has 0 saturated carbocycles. The van der Waals surface area contributed by atoms with E-state index in [2.05, 4.69) is 65.4 Å². The van der Waals surface area contributed by atoms with Crippen LogP contribution in [0.2, 0.25) is 0 Å². The molecule has 0 aliphatic rings. The predicted octanol–water partition coefficient (Wildman–Crippen LogP) is 4.43. The molecule has 0 aliphatic heterocycles. The summed E-state index contributed by atoms with van der Waals surface area (Å²) in [6.07, 6.45) is 1.61. The van der Waals surface area contributed by atoms with Crippen LogP contribution in [0.15, 0.2) is 60.9 Å². The summed E-state index contributed by atoms with van der Waals surface area (Å²) < 4.78 is 0. The van der Waals surface area contributed by atoms with Gasteiger partial charge in [-0.1, -0.05) is 48.0 Å². The van der Waals surface area contributed by atoms with Gasteiger partial charge in [0.05, 0.1) is 5.69 Å². The molecule has 0 bridgehead atoms. The molecule has 0 radical (unpaired) electrons. The first kappa shape index (κ1) is 12.5. The zero-order valence-electron chi connectivity index (χ0n) is 11.7. The fraction of sp³-hybridized carbons (Fsp3) is 0.111. The lowest BCUT2D eigenvalue weighted by atomic mass is 10.0. The third-order valence-corrected chi connectivity index (χ3v) is 3.35. The molecule has 0 spiro atoms. The van der Waals surface area contributed by atoms with Gasteiger partial charge in [0, 0.05) is 11.3 Å². The minimum atomic E-state index is 0.964. The van der Waals surface area contributed by atoms with Crippen LogP contribution in [0, 0.1) is 13.8 Å². The molecule has 98 valence electrons. The van der Waals surface area contributed by atoms with E-state index in [-0.39, 0.29) is 0 Å². The fourth-order valence-corrected chi connectivity index (χ4v) is 2.22. The average molecular weight is 260 g/mol. The first-order valence-corrected chi connectivity index (χ1v) is 6.68. The van der Waals surface area contributed by atoms with Gasteiger partial charge in [-0.25, -0.2) is 9.97 Å². The molecule has 0 amide bonds. The SMILES string of the molecule is Cc1ccc(-c2cccc(-c3cc(C)ncn3)c2)cc1. The van der Waals surface area contributed by atoms with E-state index in [0.717, 1.165) is 17.0 Å². The van der Waals surface area contributed by atoms with E-state index in [1.54, 1.807) is 6.33 Å². The molecule has 0 N–H and O–H groups in total. The van der Waals surface area contributed by atoms with Crippen LogP contribution in [0.1, 0.15) is 11.3 Å². The van der Waals surface area contributed by atoms with E-state index in [1.165, 1.54) is 16.7 Å². The van der Waals surface area contributed by atoms with Crippen molar-refractivity contribution < 1.29 is 0 Å². The van der Waals surface area contributed by atoms with Crippen molar-refractivity contribution in [2.75, 3.05) is 0 Å². The molecule has 0 fully saturated rings. The highest BCUT2D eigenvalue weighted by Crippen LogP contribution is 2.25. The number of aryl methyl sites for hydroxylation is 2. The molecule has 2 nitrogen and oxygen atoms in total. The number of benzene rings is 2. The van der Waals surface area contributed by atoms with E-state index >= 15 is 0 Å². The van der Waals surface area contributed by atoms with Gasteiger partial charge in [-0.05, 0) is 37.1 Å². The van der Waals surface area contributed by atoms with Gasteiger partial charge in [-0.15, -0.1) is 0 Å². The van der Waals surface area contributed by atoms with Crippen molar-refractivity contribution in [2.45, 2.75) is 13.8 Å². The van der Waals surface area contributed by atoms with Crippen LogP contribution in [-0.4, -0.2) is 9.97 Å². The Bertz CT molecular complexity index is 730. The lowest BCUT2D eigenvalue weighted by Gasteiger charge is -2.06. The maximum atomic E-state index is 4.35. The lowest BCUT2D eigenvalue weighted by Crippen LogP contribution is -1.88. The molecule has 1 aromatic heterocycles. The molecule has 2 aromatic carbocycles. The summed E-state index contributed by atoms with van der Waals surface area (Å²) in [5, 5.41) is 0. The maximum absolute atomic E-state index is 4.35. The van der Waals surface area contributed by atoms with Crippen LogP contribution in [0.4, 0.5) is 0 Å². The predicted molar refractivity (Wildman–Crippen MR) is 82.4 cm³/mol. The van der Waals surface area contributed by atoms with Crippen molar-refractivity contribution in [3.8, 4) is 22.4 Å². The Kier molecular flexibility index (Phi) is 3.30. The summed E-state index contributed by atoms with van der Waals surface area (Å²) in [6, 6.07) is 19.0. The second kappa shape index (κ2) is 5.25. The van der Waals surface area contributed by atoms with Crippen molar-refractivity contribution in [1.82, 2.24) is 9.97 Å². The quantitative estimate of drug-likeness (QED) is 0.681. The van der Waals surface area contributed by atoms with E-state index in [1.807, 2.05) is 13.0 Å². The van der Waals surface area contributed by atoms with Crippen LogP contribution in [0.25, 0.3) is 22.4 Å². The number of nitrogens with zero attached hydrogens (tertiary/aromatic N) is 2. The molecule has 0 atom stereocenters. The highest BCUT2D eigenvalue weighted by atomic mass is 14.8. The number of rotatable bonds is 2. The normalized spacial score (nSPS) is 10.5. The van der Waals surface area contributed by atoms with Gasteiger partial charge in [0.25, 0.3) is 0 Å². The highest BCUT2D eigenvalue weighted by molar-refractivity contribution is 5.71. The van der Waals surface area contributed by atoms with Gasteiger partial charge in [0.15, 0.2) is 0 Å². The van der Waals surface area contributed by atoms with Crippen LogP contribution in [0.3, 0.4) is 0 Å². The molecule has 3 aromatic rings. The standard InChI is InChI=1S/C18H16N2/c1-13-6-8-15(9-7-13)16-4-3-5-17(11-16)18-10-14(2)19-12-20-18/h3-12H,1-2H3. The lowest BCUT2D eigenvalue weighted by molar-refractivity contribution is 1.11. The summed E-state index contributed by atoms with van der Waals surface area (Å²) in [4.78, 5) is 8.49. The third kappa shape index (κ3) is 2.59. The highest BCUT2D eigenvalue weighted by Gasteiger charge is 2.03. The van der Waals surface area contributed by atoms with Crippen molar-refractivity contribution in [3.05, 3.63) is 72.2 Å². The van der Waals surface area contributed by atoms with Crippen LogP contribution in [0.5, 0.6) is 0 Å². The molecule has 2 heteroatoms. The Morgan fingerprint density at radius 1 is 0.700 bits per heavy atom. The minimum absolute atomic E-state index is 0.964. The Balaban J connectivity index is 2.03. The fourth-order valence-electron chi connectivity index (χ4n) is 2.22. The summed E-state index contributed by atoms with van der Waals surface area (Å²) in [7, 11) is 0. The van der Waals surface area contributed by atoms with Gasteiger partial charge in [-0.2, -0.15) is 0 Å². The second-order valence-electron chi connectivity index (χ2n) is 4.99. The smallest absolute Gasteiger partial charge is 0.116 e. The zero-order valence-corrected chi connectivity index (χ0v) is 11.7. The van der Waals surface area contributed by atoms with Crippen LogP contribution < -0.4 is 0 Å². The zero-order chi connectivity index (χ0) is 13.9. The van der Waals surface area contributed by atoms with Crippen LogP contribution in [-0.2, 0) is 0 Å². The Morgan fingerprint density at radius 2 is 1.45 bits per heavy atom. The summed E-state index contributed by atoms with van der Waals surface area (Å²) in [5.74, 6) is 0. The summed E-state index contributed by atoms with van der Waals surface area (Å²) >= 11 is 0.